The number of rotatable bonds is 35. The quantitative estimate of drug-likeness (QED) is 0.0317. The van der Waals surface area contributed by atoms with Crippen LogP contribution in [0.25, 0.3) is 0 Å². The standard InChI is InChI=1S/C49H89NO18/c1-3-5-7-9-11-12-13-14-15-16-17-18-19-21-23-25-27-37(55)50-32(33(54)26-24-22-20-10-8-6-4-2)31-63-47-43(61)40(58)45(35(29-52)65-47)68-49-44(62)41(59)46(36(30-53)66-49)67-48-42(60)39(57)38(56)34(28-51)64-48/h15-16,24,26,32-36,38-49,51-54,56-62H,3-14,17-23,25,27-31H2,1-2H3,(H,50,55)/b16-15-,26-24+. The Morgan fingerprint density at radius 1 is 0.515 bits per heavy atom. The maximum absolute atomic E-state index is 13.2. The minimum absolute atomic E-state index is 0.233. The first-order valence-electron chi connectivity index (χ1n) is 25.6. The minimum atomic E-state index is -1.97. The van der Waals surface area contributed by atoms with E-state index in [1.165, 1.54) is 44.9 Å². The van der Waals surface area contributed by atoms with Crippen LogP contribution in [0.5, 0.6) is 0 Å². The lowest BCUT2D eigenvalue weighted by atomic mass is 9.96. The number of aliphatic hydroxyl groups is 11. The molecule has 19 heteroatoms. The Morgan fingerprint density at radius 3 is 1.43 bits per heavy atom. The van der Waals surface area contributed by atoms with Crippen LogP contribution in [0.1, 0.15) is 149 Å². The van der Waals surface area contributed by atoms with Crippen molar-refractivity contribution in [3.63, 3.8) is 0 Å². The van der Waals surface area contributed by atoms with Crippen LogP contribution in [-0.4, -0.2) is 193 Å². The molecule has 3 aliphatic rings. The van der Waals surface area contributed by atoms with E-state index in [0.717, 1.165) is 77.0 Å². The van der Waals surface area contributed by atoms with E-state index in [2.05, 4.69) is 31.3 Å². The Balaban J connectivity index is 1.53. The maximum Gasteiger partial charge on any atom is 0.220 e. The first kappa shape index (κ1) is 60.6. The van der Waals surface area contributed by atoms with Gasteiger partial charge in [-0.2, -0.15) is 0 Å². The van der Waals surface area contributed by atoms with Crippen molar-refractivity contribution >= 4 is 5.91 Å². The van der Waals surface area contributed by atoms with E-state index >= 15 is 0 Å². The summed E-state index contributed by atoms with van der Waals surface area (Å²) < 4.78 is 34.0. The molecule has 0 aromatic rings. The molecule has 17 atom stereocenters. The molecule has 3 saturated heterocycles. The molecule has 3 aliphatic heterocycles. The van der Waals surface area contributed by atoms with Crippen molar-refractivity contribution in [1.82, 2.24) is 5.32 Å². The highest BCUT2D eigenvalue weighted by Gasteiger charge is 2.53. The minimum Gasteiger partial charge on any atom is -0.394 e. The SMILES string of the molecule is CCCCCCC/C=C/C(O)C(COC1OC(CO)C(OC2OC(CO)C(OC3OC(CO)C(O)C(O)C3O)C(O)C2O)C(O)C1O)NC(=O)CCCCCCC/C=C\CCCCCCCCC. The van der Waals surface area contributed by atoms with E-state index in [4.69, 9.17) is 28.4 Å². The normalized spacial score (nSPS) is 33.3. The van der Waals surface area contributed by atoms with E-state index in [-0.39, 0.29) is 18.9 Å². The topological polar surface area (TPSA) is 307 Å². The van der Waals surface area contributed by atoms with Gasteiger partial charge in [-0.1, -0.05) is 122 Å². The first-order chi connectivity index (χ1) is 32.8. The summed E-state index contributed by atoms with van der Waals surface area (Å²) in [6, 6.07) is -0.970. The zero-order chi connectivity index (χ0) is 49.8. The second-order valence-corrected chi connectivity index (χ2v) is 18.6. The van der Waals surface area contributed by atoms with Crippen molar-refractivity contribution in [2.45, 2.75) is 253 Å². The van der Waals surface area contributed by atoms with E-state index in [0.29, 0.717) is 6.42 Å². The van der Waals surface area contributed by atoms with Gasteiger partial charge >= 0.3 is 0 Å². The predicted molar refractivity (Wildman–Crippen MR) is 250 cm³/mol. The summed E-state index contributed by atoms with van der Waals surface area (Å²) >= 11 is 0. The van der Waals surface area contributed by atoms with Crippen molar-refractivity contribution in [1.29, 1.82) is 0 Å². The van der Waals surface area contributed by atoms with Crippen LogP contribution in [0, 0.1) is 0 Å². The third kappa shape index (κ3) is 20.4. The molecule has 398 valence electrons. The summed E-state index contributed by atoms with van der Waals surface area (Å²) in [6.07, 6.45) is 3.61. The number of allylic oxidation sites excluding steroid dienone is 3. The van der Waals surface area contributed by atoms with E-state index in [9.17, 15) is 61.0 Å². The largest absolute Gasteiger partial charge is 0.394 e. The lowest BCUT2D eigenvalue weighted by Crippen LogP contribution is -2.66. The number of nitrogens with one attached hydrogen (secondary N) is 1. The van der Waals surface area contributed by atoms with E-state index < -0.39 is 124 Å². The molecule has 0 aromatic heterocycles. The predicted octanol–water partition coefficient (Wildman–Crippen LogP) is 1.64. The number of hydrogen-bond donors (Lipinski definition) is 12. The van der Waals surface area contributed by atoms with Crippen molar-refractivity contribution in [2.75, 3.05) is 26.4 Å². The third-order valence-electron chi connectivity index (χ3n) is 13.0. The van der Waals surface area contributed by atoms with Gasteiger partial charge in [0.25, 0.3) is 0 Å². The number of carbonyl (C=O) groups excluding carboxylic acids is 1. The highest BCUT2D eigenvalue weighted by molar-refractivity contribution is 5.76. The van der Waals surface area contributed by atoms with Gasteiger partial charge in [0, 0.05) is 6.42 Å². The number of amides is 1. The van der Waals surface area contributed by atoms with Gasteiger partial charge in [0.2, 0.25) is 5.91 Å². The number of aliphatic hydroxyl groups excluding tert-OH is 11. The number of unbranched alkanes of at least 4 members (excludes halogenated alkanes) is 17. The van der Waals surface area contributed by atoms with Gasteiger partial charge in [0.1, 0.15) is 73.2 Å². The molecular weight excluding hydrogens is 891 g/mol. The summed E-state index contributed by atoms with van der Waals surface area (Å²) in [6.45, 7) is 1.60. The molecular formula is C49H89NO18. The molecule has 0 radical (unpaired) electrons. The van der Waals surface area contributed by atoms with Crippen LogP contribution in [0.3, 0.4) is 0 Å². The lowest BCUT2D eigenvalue weighted by molar-refractivity contribution is -0.379. The van der Waals surface area contributed by atoms with Crippen LogP contribution in [0.4, 0.5) is 0 Å². The molecule has 0 aliphatic carbocycles. The smallest absolute Gasteiger partial charge is 0.220 e. The summed E-state index contributed by atoms with van der Waals surface area (Å²) in [5.41, 5.74) is 0. The Kier molecular flexibility index (Phi) is 30.8. The zero-order valence-corrected chi connectivity index (χ0v) is 40.6. The number of hydrogen-bond acceptors (Lipinski definition) is 18. The average molecular weight is 980 g/mol. The third-order valence-corrected chi connectivity index (χ3v) is 13.0. The van der Waals surface area contributed by atoms with Crippen LogP contribution in [-0.2, 0) is 33.2 Å². The van der Waals surface area contributed by atoms with Crippen molar-refractivity contribution in [3.05, 3.63) is 24.3 Å². The maximum atomic E-state index is 13.2. The molecule has 19 nitrogen and oxygen atoms in total. The molecule has 12 N–H and O–H groups in total. The van der Waals surface area contributed by atoms with Gasteiger partial charge in [-0.05, 0) is 44.9 Å². The highest BCUT2D eigenvalue weighted by atomic mass is 16.8. The fourth-order valence-corrected chi connectivity index (χ4v) is 8.65. The van der Waals surface area contributed by atoms with Crippen molar-refractivity contribution < 1.29 is 89.4 Å². The fourth-order valence-electron chi connectivity index (χ4n) is 8.65. The van der Waals surface area contributed by atoms with Crippen LogP contribution >= 0.6 is 0 Å². The Bertz CT molecular complexity index is 1360. The molecule has 0 spiro atoms. The molecule has 17 unspecified atom stereocenters. The molecule has 0 aromatic carbocycles. The van der Waals surface area contributed by atoms with Gasteiger partial charge in [-0.25, -0.2) is 0 Å². The second-order valence-electron chi connectivity index (χ2n) is 18.6. The van der Waals surface area contributed by atoms with Crippen molar-refractivity contribution in [2.24, 2.45) is 0 Å². The summed E-state index contributed by atoms with van der Waals surface area (Å²) in [4.78, 5) is 13.2. The molecule has 3 rings (SSSR count). The summed E-state index contributed by atoms with van der Waals surface area (Å²) in [5.74, 6) is -0.291. The molecule has 1 amide bonds. The van der Waals surface area contributed by atoms with Crippen molar-refractivity contribution in [3.8, 4) is 0 Å². The monoisotopic (exact) mass is 980 g/mol. The fraction of sp³-hybridized carbons (Fsp3) is 0.898. The molecule has 0 saturated carbocycles. The van der Waals surface area contributed by atoms with Gasteiger partial charge < -0.3 is 89.9 Å². The zero-order valence-electron chi connectivity index (χ0n) is 40.6. The van der Waals surface area contributed by atoms with Crippen LogP contribution in [0.15, 0.2) is 24.3 Å². The Hall–Kier alpha value is -1.73. The molecule has 68 heavy (non-hydrogen) atoms. The van der Waals surface area contributed by atoms with E-state index in [1.807, 2.05) is 6.08 Å². The first-order valence-corrected chi connectivity index (χ1v) is 25.6. The number of ether oxygens (including phenoxy) is 6. The lowest BCUT2D eigenvalue weighted by Gasteiger charge is -2.48. The second kappa shape index (κ2) is 34.6. The van der Waals surface area contributed by atoms with Gasteiger partial charge in [0.05, 0.1) is 38.6 Å². The van der Waals surface area contributed by atoms with E-state index in [1.54, 1.807) is 6.08 Å². The average Bonchev–Trinajstić information content (AvgIpc) is 3.33. The molecule has 3 heterocycles. The summed E-state index contributed by atoms with van der Waals surface area (Å²) in [5, 5.41) is 119. The van der Waals surface area contributed by atoms with Crippen LogP contribution < -0.4 is 5.32 Å². The van der Waals surface area contributed by atoms with Gasteiger partial charge in [0.15, 0.2) is 18.9 Å². The molecule has 3 fully saturated rings. The van der Waals surface area contributed by atoms with Crippen LogP contribution in [0.2, 0.25) is 0 Å². The van der Waals surface area contributed by atoms with Gasteiger partial charge in [-0.3, -0.25) is 4.79 Å². The Morgan fingerprint density at radius 2 is 0.926 bits per heavy atom. The highest BCUT2D eigenvalue weighted by Crippen LogP contribution is 2.33. The number of carbonyl (C=O) groups is 1. The summed E-state index contributed by atoms with van der Waals surface area (Å²) in [7, 11) is 0. The molecule has 0 bridgehead atoms. The van der Waals surface area contributed by atoms with Gasteiger partial charge in [-0.15, -0.1) is 0 Å². The Labute approximate surface area is 403 Å².